The van der Waals surface area contributed by atoms with Crippen molar-refractivity contribution in [3.8, 4) is 0 Å². The zero-order valence-electron chi connectivity index (χ0n) is 11.1. The summed E-state index contributed by atoms with van der Waals surface area (Å²) in [4.78, 5) is 0. The number of halogens is 2. The topological polar surface area (TPSA) is 67.8 Å². The molecular formula is C15H14BrFN2O2. The smallest absolute Gasteiger partial charge is 0.170 e. The van der Waals surface area contributed by atoms with Crippen LogP contribution in [0.25, 0.3) is 0 Å². The molecule has 0 aliphatic rings. The maximum Gasteiger partial charge on any atom is 0.170 e. The van der Waals surface area contributed by atoms with Crippen molar-refractivity contribution in [1.82, 2.24) is 0 Å². The molecule has 0 saturated carbocycles. The van der Waals surface area contributed by atoms with Gasteiger partial charge in [-0.1, -0.05) is 33.2 Å². The molecule has 0 aromatic heterocycles. The second-order valence-electron chi connectivity index (χ2n) is 4.46. The number of amidine groups is 1. The molecular weight excluding hydrogens is 339 g/mol. The van der Waals surface area contributed by atoms with Gasteiger partial charge in [-0.05, 0) is 41.5 Å². The fraction of sp³-hybridized carbons (Fsp3) is 0.133. The quantitative estimate of drug-likeness (QED) is 0.375. The Labute approximate surface area is 130 Å². The van der Waals surface area contributed by atoms with Gasteiger partial charge in [0, 0.05) is 10.0 Å². The fourth-order valence-corrected chi connectivity index (χ4v) is 2.30. The average Bonchev–Trinajstić information content (AvgIpc) is 2.46. The maximum atomic E-state index is 13.5. The van der Waals surface area contributed by atoms with Crippen LogP contribution in [0.4, 0.5) is 4.39 Å². The second kappa shape index (κ2) is 7.19. The molecule has 0 aliphatic carbocycles. The van der Waals surface area contributed by atoms with E-state index in [9.17, 15) is 4.39 Å². The molecule has 0 unspecified atom stereocenters. The lowest BCUT2D eigenvalue weighted by Crippen LogP contribution is -2.13. The molecule has 21 heavy (non-hydrogen) atoms. The van der Waals surface area contributed by atoms with Gasteiger partial charge in [0.1, 0.15) is 5.82 Å². The highest BCUT2D eigenvalue weighted by molar-refractivity contribution is 9.10. The second-order valence-corrected chi connectivity index (χ2v) is 5.37. The summed E-state index contributed by atoms with van der Waals surface area (Å²) >= 11 is 3.39. The lowest BCUT2D eigenvalue weighted by Gasteiger charge is -2.07. The number of ether oxygens (including phenoxy) is 1. The van der Waals surface area contributed by atoms with Crippen LogP contribution in [-0.4, -0.2) is 11.0 Å². The van der Waals surface area contributed by atoms with Crippen molar-refractivity contribution in [2.45, 2.75) is 13.2 Å². The highest BCUT2D eigenvalue weighted by atomic mass is 79.9. The Morgan fingerprint density at radius 3 is 2.67 bits per heavy atom. The Kier molecular flexibility index (Phi) is 5.30. The van der Waals surface area contributed by atoms with Gasteiger partial charge in [0.2, 0.25) is 0 Å². The van der Waals surface area contributed by atoms with Crippen molar-refractivity contribution >= 4 is 21.8 Å². The Morgan fingerprint density at radius 1 is 1.19 bits per heavy atom. The van der Waals surface area contributed by atoms with Crippen LogP contribution >= 0.6 is 15.9 Å². The number of hydrogen-bond donors (Lipinski definition) is 2. The predicted octanol–water partition coefficient (Wildman–Crippen LogP) is 3.40. The van der Waals surface area contributed by atoms with Crippen LogP contribution in [0.5, 0.6) is 0 Å². The first-order valence-corrected chi connectivity index (χ1v) is 6.97. The van der Waals surface area contributed by atoms with Gasteiger partial charge in [-0.3, -0.25) is 0 Å². The minimum Gasteiger partial charge on any atom is -0.409 e. The normalized spacial score (nSPS) is 11.6. The van der Waals surface area contributed by atoms with Crippen LogP contribution in [0, 0.1) is 5.82 Å². The van der Waals surface area contributed by atoms with Crippen molar-refractivity contribution in [3.63, 3.8) is 0 Å². The monoisotopic (exact) mass is 352 g/mol. The van der Waals surface area contributed by atoms with Gasteiger partial charge in [-0.15, -0.1) is 0 Å². The molecule has 6 heteroatoms. The first-order chi connectivity index (χ1) is 10.1. The van der Waals surface area contributed by atoms with E-state index in [1.807, 2.05) is 24.3 Å². The van der Waals surface area contributed by atoms with E-state index in [1.165, 1.54) is 12.1 Å². The molecule has 2 rings (SSSR count). The fourth-order valence-electron chi connectivity index (χ4n) is 1.85. The van der Waals surface area contributed by atoms with E-state index in [0.717, 1.165) is 10.0 Å². The summed E-state index contributed by atoms with van der Waals surface area (Å²) in [5, 5.41) is 11.5. The molecule has 3 N–H and O–H groups in total. The van der Waals surface area contributed by atoms with E-state index in [0.29, 0.717) is 17.7 Å². The Balaban J connectivity index is 2.01. The van der Waals surface area contributed by atoms with Crippen molar-refractivity contribution in [3.05, 3.63) is 69.4 Å². The van der Waals surface area contributed by atoms with Crippen LogP contribution < -0.4 is 5.73 Å². The van der Waals surface area contributed by atoms with E-state index in [1.54, 1.807) is 6.07 Å². The average molecular weight is 353 g/mol. The number of rotatable bonds is 5. The molecule has 0 spiro atoms. The largest absolute Gasteiger partial charge is 0.409 e. The molecule has 2 aromatic carbocycles. The molecule has 110 valence electrons. The Hall–Kier alpha value is -1.92. The number of nitrogens with two attached hydrogens (primary N) is 1. The predicted molar refractivity (Wildman–Crippen MR) is 81.5 cm³/mol. The summed E-state index contributed by atoms with van der Waals surface area (Å²) in [6, 6.07) is 11.9. The van der Waals surface area contributed by atoms with E-state index in [4.69, 9.17) is 15.7 Å². The first kappa shape index (κ1) is 15.5. The van der Waals surface area contributed by atoms with Gasteiger partial charge in [0.25, 0.3) is 0 Å². The van der Waals surface area contributed by atoms with Crippen molar-refractivity contribution < 1.29 is 14.3 Å². The van der Waals surface area contributed by atoms with Gasteiger partial charge in [0.15, 0.2) is 5.84 Å². The lowest BCUT2D eigenvalue weighted by atomic mass is 10.1. The number of oxime groups is 1. The maximum absolute atomic E-state index is 13.5. The molecule has 2 aromatic rings. The molecule has 0 atom stereocenters. The SMILES string of the molecule is N/C(=N/O)c1cc(F)cc(COCc2cccc(Br)c2)c1. The van der Waals surface area contributed by atoms with Gasteiger partial charge >= 0.3 is 0 Å². The summed E-state index contributed by atoms with van der Waals surface area (Å²) in [7, 11) is 0. The minimum absolute atomic E-state index is 0.136. The van der Waals surface area contributed by atoms with Gasteiger partial charge in [-0.25, -0.2) is 4.39 Å². The summed E-state index contributed by atoms with van der Waals surface area (Å²) in [5.41, 5.74) is 7.40. The van der Waals surface area contributed by atoms with Gasteiger partial charge in [0.05, 0.1) is 13.2 Å². The summed E-state index contributed by atoms with van der Waals surface area (Å²) in [6.07, 6.45) is 0. The zero-order valence-corrected chi connectivity index (χ0v) is 12.7. The molecule has 0 amide bonds. The summed E-state index contributed by atoms with van der Waals surface area (Å²) in [5.74, 6) is -0.595. The van der Waals surface area contributed by atoms with Crippen LogP contribution in [0.15, 0.2) is 52.1 Å². The van der Waals surface area contributed by atoms with Crippen LogP contribution in [-0.2, 0) is 18.0 Å². The Bertz CT molecular complexity index is 662. The third-order valence-electron chi connectivity index (χ3n) is 2.79. The van der Waals surface area contributed by atoms with Crippen molar-refractivity contribution in [2.24, 2.45) is 10.9 Å². The molecule has 0 aliphatic heterocycles. The third-order valence-corrected chi connectivity index (χ3v) is 3.28. The van der Waals surface area contributed by atoms with Crippen molar-refractivity contribution in [2.75, 3.05) is 0 Å². The van der Waals surface area contributed by atoms with E-state index >= 15 is 0 Å². The summed E-state index contributed by atoms with van der Waals surface area (Å²) in [6.45, 7) is 0.644. The van der Waals surface area contributed by atoms with E-state index in [-0.39, 0.29) is 12.4 Å². The highest BCUT2D eigenvalue weighted by Crippen LogP contribution is 2.14. The zero-order chi connectivity index (χ0) is 15.2. The Morgan fingerprint density at radius 2 is 1.95 bits per heavy atom. The third kappa shape index (κ3) is 4.54. The van der Waals surface area contributed by atoms with Crippen molar-refractivity contribution in [1.29, 1.82) is 0 Å². The minimum atomic E-state index is -0.458. The molecule has 4 nitrogen and oxygen atoms in total. The van der Waals surface area contributed by atoms with Gasteiger partial charge < -0.3 is 15.7 Å². The standard InChI is InChI=1S/C15H14BrFN2O2/c16-13-3-1-2-10(5-13)8-21-9-11-4-12(15(18)19-20)7-14(17)6-11/h1-7,20H,8-9H2,(H2,18,19). The number of nitrogens with zero attached hydrogens (tertiary/aromatic N) is 1. The molecule has 0 fully saturated rings. The van der Waals surface area contributed by atoms with E-state index < -0.39 is 5.82 Å². The lowest BCUT2D eigenvalue weighted by molar-refractivity contribution is 0.107. The summed E-state index contributed by atoms with van der Waals surface area (Å²) < 4.78 is 20.0. The first-order valence-electron chi connectivity index (χ1n) is 6.18. The molecule has 0 heterocycles. The van der Waals surface area contributed by atoms with Gasteiger partial charge in [-0.2, -0.15) is 0 Å². The van der Waals surface area contributed by atoms with Crippen LogP contribution in [0.1, 0.15) is 16.7 Å². The number of hydrogen-bond acceptors (Lipinski definition) is 3. The molecule has 0 saturated heterocycles. The molecule has 0 bridgehead atoms. The number of benzene rings is 2. The molecule has 0 radical (unpaired) electrons. The van der Waals surface area contributed by atoms with E-state index in [2.05, 4.69) is 21.1 Å². The highest BCUT2D eigenvalue weighted by Gasteiger charge is 2.05. The van der Waals surface area contributed by atoms with Crippen LogP contribution in [0.3, 0.4) is 0 Å². The van der Waals surface area contributed by atoms with Crippen LogP contribution in [0.2, 0.25) is 0 Å².